The fourth-order valence-electron chi connectivity index (χ4n) is 3.11. The summed E-state index contributed by atoms with van der Waals surface area (Å²) in [6.07, 6.45) is 4.33. The Hall–Kier alpha value is -3.10. The molecule has 4 rings (SSSR count). The van der Waals surface area contributed by atoms with Gasteiger partial charge in [0, 0.05) is 30.1 Å². The summed E-state index contributed by atoms with van der Waals surface area (Å²) < 4.78 is 2.00. The summed E-state index contributed by atoms with van der Waals surface area (Å²) in [7, 11) is 0. The van der Waals surface area contributed by atoms with Crippen LogP contribution < -0.4 is 5.32 Å². The monoisotopic (exact) mass is 361 g/mol. The molecule has 0 amide bonds. The molecule has 2 aromatic heterocycles. The molecule has 0 aliphatic heterocycles. The van der Waals surface area contributed by atoms with Crippen LogP contribution in [0.5, 0.6) is 0 Å². The van der Waals surface area contributed by atoms with Gasteiger partial charge in [-0.25, -0.2) is 0 Å². The van der Waals surface area contributed by atoms with Crippen molar-refractivity contribution in [3.63, 3.8) is 0 Å². The Morgan fingerprint density at radius 3 is 2.88 bits per heavy atom. The average molecular weight is 362 g/mol. The fourth-order valence-corrected chi connectivity index (χ4v) is 3.33. The van der Waals surface area contributed by atoms with E-state index >= 15 is 0 Å². The third kappa shape index (κ3) is 2.96. The van der Waals surface area contributed by atoms with E-state index in [9.17, 15) is 5.26 Å². The van der Waals surface area contributed by atoms with Gasteiger partial charge in [-0.05, 0) is 18.6 Å². The minimum Gasteiger partial charge on any atom is -0.383 e. The average Bonchev–Trinajstić information content (AvgIpc) is 3.08. The molecule has 26 heavy (non-hydrogen) atoms. The van der Waals surface area contributed by atoms with E-state index in [2.05, 4.69) is 33.6 Å². The lowest BCUT2D eigenvalue weighted by Crippen LogP contribution is -2.09. The van der Waals surface area contributed by atoms with E-state index < -0.39 is 0 Å². The predicted molar refractivity (Wildman–Crippen MR) is 104 cm³/mol. The summed E-state index contributed by atoms with van der Waals surface area (Å²) in [6, 6.07) is 16.0. The molecule has 0 fully saturated rings. The van der Waals surface area contributed by atoms with Crippen LogP contribution in [0.1, 0.15) is 12.0 Å². The number of nitrogens with zero attached hydrogens (tertiary/aromatic N) is 4. The summed E-state index contributed by atoms with van der Waals surface area (Å²) in [5.41, 5.74) is 3.13. The minimum atomic E-state index is 0.518. The topological polar surface area (TPSA) is 66.5 Å². The largest absolute Gasteiger partial charge is 0.383 e. The molecule has 0 radical (unpaired) electrons. The highest BCUT2D eigenvalue weighted by molar-refractivity contribution is 6.35. The molecule has 6 heteroatoms. The molecule has 0 spiro atoms. The zero-order valence-electron chi connectivity index (χ0n) is 14.0. The van der Waals surface area contributed by atoms with Crippen molar-refractivity contribution < 1.29 is 0 Å². The second-order valence-corrected chi connectivity index (χ2v) is 6.41. The molecule has 0 saturated carbocycles. The Labute approximate surface area is 155 Å². The third-order valence-corrected chi connectivity index (χ3v) is 4.67. The van der Waals surface area contributed by atoms with Gasteiger partial charge in [0.05, 0.1) is 33.5 Å². The number of hydrogen-bond donors (Lipinski definition) is 1. The Kier molecular flexibility index (Phi) is 4.42. The highest BCUT2D eigenvalue weighted by atomic mass is 35.5. The highest BCUT2D eigenvalue weighted by Crippen LogP contribution is 2.29. The van der Waals surface area contributed by atoms with E-state index in [1.165, 1.54) is 0 Å². The maximum absolute atomic E-state index is 9.40. The van der Waals surface area contributed by atoms with Crippen LogP contribution in [-0.2, 0) is 6.54 Å². The number of pyridine rings is 1. The maximum atomic E-state index is 9.40. The summed E-state index contributed by atoms with van der Waals surface area (Å²) in [4.78, 5) is 4.31. The lowest BCUT2D eigenvalue weighted by molar-refractivity contribution is 0.610. The van der Waals surface area contributed by atoms with Crippen LogP contribution in [0.2, 0.25) is 5.02 Å². The summed E-state index contributed by atoms with van der Waals surface area (Å²) in [5.74, 6) is 0. The Balaban J connectivity index is 1.51. The zero-order valence-corrected chi connectivity index (χ0v) is 14.7. The molecule has 0 saturated heterocycles. The minimum absolute atomic E-state index is 0.518. The first-order valence-corrected chi connectivity index (χ1v) is 8.77. The van der Waals surface area contributed by atoms with Gasteiger partial charge in [-0.3, -0.25) is 9.67 Å². The number of halogens is 1. The quantitative estimate of drug-likeness (QED) is 0.527. The maximum Gasteiger partial charge on any atom is 0.103 e. The van der Waals surface area contributed by atoms with Gasteiger partial charge in [-0.2, -0.15) is 10.4 Å². The number of anilines is 1. The SMILES string of the molecule is N#Cc1cnc2c(Cl)cccc2c1NCCCn1ncc2ccccc21. The van der Waals surface area contributed by atoms with Gasteiger partial charge in [0.15, 0.2) is 0 Å². The molecule has 2 heterocycles. The molecule has 128 valence electrons. The molecular formula is C20H16ClN5. The number of hydrogen-bond acceptors (Lipinski definition) is 4. The van der Waals surface area contributed by atoms with Crippen molar-refractivity contribution in [2.45, 2.75) is 13.0 Å². The summed E-state index contributed by atoms with van der Waals surface area (Å²) in [6.45, 7) is 1.51. The van der Waals surface area contributed by atoms with Crippen molar-refractivity contribution in [2.24, 2.45) is 0 Å². The van der Waals surface area contributed by atoms with Crippen molar-refractivity contribution in [3.05, 3.63) is 65.4 Å². The molecule has 1 N–H and O–H groups in total. The van der Waals surface area contributed by atoms with Crippen molar-refractivity contribution in [1.82, 2.24) is 14.8 Å². The standard InChI is InChI=1S/C20H16ClN5/c21-17-7-3-6-16-19(15(11-22)12-24-20(16)17)23-9-4-10-26-18-8-2-1-5-14(18)13-25-26/h1-3,5-8,12-13H,4,9-10H2,(H,23,24). The Morgan fingerprint density at radius 1 is 1.12 bits per heavy atom. The lowest BCUT2D eigenvalue weighted by atomic mass is 10.1. The number of rotatable bonds is 5. The van der Waals surface area contributed by atoms with Crippen molar-refractivity contribution in [3.8, 4) is 6.07 Å². The summed E-state index contributed by atoms with van der Waals surface area (Å²) >= 11 is 6.22. The molecule has 2 aromatic carbocycles. The normalized spacial score (nSPS) is 10.9. The number of aryl methyl sites for hydroxylation is 1. The molecule has 0 bridgehead atoms. The van der Waals surface area contributed by atoms with Gasteiger partial charge in [-0.1, -0.05) is 41.9 Å². The molecule has 0 aliphatic rings. The van der Waals surface area contributed by atoms with Crippen molar-refractivity contribution >= 4 is 39.1 Å². The number of nitriles is 1. The van der Waals surface area contributed by atoms with E-state index in [4.69, 9.17) is 11.6 Å². The first kappa shape index (κ1) is 16.4. The van der Waals surface area contributed by atoms with Crippen LogP contribution in [0, 0.1) is 11.3 Å². The van der Waals surface area contributed by atoms with E-state index in [-0.39, 0.29) is 0 Å². The number of aromatic nitrogens is 3. The number of fused-ring (bicyclic) bond motifs is 2. The second-order valence-electron chi connectivity index (χ2n) is 6.00. The van der Waals surface area contributed by atoms with E-state index in [0.717, 1.165) is 34.9 Å². The van der Waals surface area contributed by atoms with Gasteiger partial charge >= 0.3 is 0 Å². The molecule has 0 aliphatic carbocycles. The fraction of sp³-hybridized carbons (Fsp3) is 0.150. The molecular weight excluding hydrogens is 346 g/mol. The molecule has 0 unspecified atom stereocenters. The molecule has 4 aromatic rings. The Bertz CT molecular complexity index is 1130. The van der Waals surface area contributed by atoms with Gasteiger partial charge in [0.1, 0.15) is 6.07 Å². The summed E-state index contributed by atoms with van der Waals surface area (Å²) in [5, 5.41) is 19.8. The van der Waals surface area contributed by atoms with Crippen LogP contribution in [-0.4, -0.2) is 21.3 Å². The van der Waals surface area contributed by atoms with Crippen LogP contribution in [0.4, 0.5) is 5.69 Å². The first-order chi connectivity index (χ1) is 12.8. The Morgan fingerprint density at radius 2 is 2.00 bits per heavy atom. The number of benzene rings is 2. The lowest BCUT2D eigenvalue weighted by Gasteiger charge is -2.12. The highest BCUT2D eigenvalue weighted by Gasteiger charge is 2.10. The number of nitrogens with one attached hydrogen (secondary N) is 1. The van der Waals surface area contributed by atoms with Crippen LogP contribution >= 0.6 is 11.6 Å². The molecule has 5 nitrogen and oxygen atoms in total. The van der Waals surface area contributed by atoms with Crippen molar-refractivity contribution in [2.75, 3.05) is 11.9 Å². The van der Waals surface area contributed by atoms with Gasteiger partial charge in [-0.15, -0.1) is 0 Å². The van der Waals surface area contributed by atoms with Gasteiger partial charge < -0.3 is 5.32 Å². The van der Waals surface area contributed by atoms with Crippen molar-refractivity contribution in [1.29, 1.82) is 5.26 Å². The van der Waals surface area contributed by atoms with Crippen LogP contribution in [0.15, 0.2) is 54.9 Å². The zero-order chi connectivity index (χ0) is 17.9. The van der Waals surface area contributed by atoms with E-state index in [0.29, 0.717) is 22.6 Å². The van der Waals surface area contributed by atoms with E-state index in [1.807, 2.05) is 35.1 Å². The molecule has 0 atom stereocenters. The van der Waals surface area contributed by atoms with Gasteiger partial charge in [0.25, 0.3) is 0 Å². The number of para-hydroxylation sites is 2. The van der Waals surface area contributed by atoms with Gasteiger partial charge in [0.2, 0.25) is 0 Å². The first-order valence-electron chi connectivity index (χ1n) is 8.39. The van der Waals surface area contributed by atoms with E-state index in [1.54, 1.807) is 12.3 Å². The predicted octanol–water partition coefficient (Wildman–Crippen LogP) is 4.61. The van der Waals surface area contributed by atoms with Crippen LogP contribution in [0.25, 0.3) is 21.8 Å². The second kappa shape index (κ2) is 7.03. The van der Waals surface area contributed by atoms with Crippen LogP contribution in [0.3, 0.4) is 0 Å². The third-order valence-electron chi connectivity index (χ3n) is 4.37. The smallest absolute Gasteiger partial charge is 0.103 e.